The fourth-order valence-corrected chi connectivity index (χ4v) is 1.54. The van der Waals surface area contributed by atoms with Crippen molar-refractivity contribution in [1.82, 2.24) is 5.01 Å². The Morgan fingerprint density at radius 3 is 2.06 bits per heavy atom. The van der Waals surface area contributed by atoms with Crippen LogP contribution in [-0.4, -0.2) is 38.4 Å². The van der Waals surface area contributed by atoms with E-state index < -0.39 is 0 Å². The Labute approximate surface area is 98.4 Å². The molecule has 0 heterocycles. The van der Waals surface area contributed by atoms with E-state index in [2.05, 4.69) is 48.1 Å². The van der Waals surface area contributed by atoms with Gasteiger partial charge >= 0.3 is 0 Å². The lowest BCUT2D eigenvalue weighted by Crippen LogP contribution is -2.21. The van der Waals surface area contributed by atoms with Gasteiger partial charge in [-0.15, -0.1) is 0 Å². The van der Waals surface area contributed by atoms with Crippen LogP contribution in [0, 0.1) is 0 Å². The van der Waals surface area contributed by atoms with Crippen LogP contribution in [0.1, 0.15) is 19.4 Å². The molecule has 0 saturated carbocycles. The van der Waals surface area contributed by atoms with E-state index in [0.29, 0.717) is 0 Å². The van der Waals surface area contributed by atoms with Crippen LogP contribution in [0.5, 0.6) is 0 Å². The molecule has 0 aliphatic heterocycles. The highest BCUT2D eigenvalue weighted by molar-refractivity contribution is 5.80. The molecule has 0 bridgehead atoms. The second-order valence-corrected chi connectivity index (χ2v) is 3.86. The number of nitrogens with zero attached hydrogens (tertiary/aromatic N) is 3. The van der Waals surface area contributed by atoms with E-state index in [1.54, 1.807) is 5.01 Å². The van der Waals surface area contributed by atoms with E-state index in [0.717, 1.165) is 18.7 Å². The summed E-state index contributed by atoms with van der Waals surface area (Å²) in [6.07, 6.45) is 1.87. The second kappa shape index (κ2) is 6.16. The van der Waals surface area contributed by atoms with Crippen LogP contribution in [0.15, 0.2) is 29.4 Å². The zero-order chi connectivity index (χ0) is 12.0. The molecule has 0 atom stereocenters. The summed E-state index contributed by atoms with van der Waals surface area (Å²) in [4.78, 5) is 2.33. The maximum atomic E-state index is 4.20. The van der Waals surface area contributed by atoms with Gasteiger partial charge in [-0.1, -0.05) is 12.1 Å². The van der Waals surface area contributed by atoms with Crippen molar-refractivity contribution in [1.29, 1.82) is 0 Å². The zero-order valence-electron chi connectivity index (χ0n) is 10.6. The fourth-order valence-electron chi connectivity index (χ4n) is 1.54. The molecule has 0 fully saturated rings. The molecule has 3 heteroatoms. The smallest absolute Gasteiger partial charge is 0.0542 e. The molecule has 0 unspecified atom stereocenters. The van der Waals surface area contributed by atoms with Crippen LogP contribution in [-0.2, 0) is 0 Å². The van der Waals surface area contributed by atoms with Crippen molar-refractivity contribution < 1.29 is 0 Å². The minimum absolute atomic E-state index is 1.04. The number of hydrogen-bond acceptors (Lipinski definition) is 3. The molecule has 1 aromatic carbocycles. The fraction of sp³-hybridized carbons (Fsp3) is 0.462. The Balaban J connectivity index is 2.74. The van der Waals surface area contributed by atoms with E-state index in [1.165, 1.54) is 5.69 Å². The number of rotatable bonds is 5. The topological polar surface area (TPSA) is 18.8 Å². The summed E-state index contributed by atoms with van der Waals surface area (Å²) in [5.74, 6) is 0. The molecule has 3 nitrogen and oxygen atoms in total. The van der Waals surface area contributed by atoms with Crippen molar-refractivity contribution in [2.45, 2.75) is 13.8 Å². The minimum Gasteiger partial charge on any atom is -0.372 e. The summed E-state index contributed by atoms with van der Waals surface area (Å²) in [7, 11) is 3.83. The molecule has 0 aromatic heterocycles. The van der Waals surface area contributed by atoms with Gasteiger partial charge in [0.1, 0.15) is 0 Å². The molecule has 1 aromatic rings. The molecule has 0 saturated heterocycles. The number of hydrazone groups is 1. The molecule has 0 aliphatic carbocycles. The standard InChI is InChI=1S/C13H21N3/c1-5-16(6-2)13-9-7-12(8-10-13)11-14-15(3)4/h7-11H,5-6H2,1-4H3. The van der Waals surface area contributed by atoms with Crippen LogP contribution in [0.2, 0.25) is 0 Å². The summed E-state index contributed by atoms with van der Waals surface area (Å²) in [5.41, 5.74) is 2.40. The van der Waals surface area contributed by atoms with Gasteiger partial charge < -0.3 is 9.91 Å². The average molecular weight is 219 g/mol. The third-order valence-corrected chi connectivity index (χ3v) is 2.46. The van der Waals surface area contributed by atoms with Crippen molar-refractivity contribution >= 4 is 11.9 Å². The highest BCUT2D eigenvalue weighted by Crippen LogP contribution is 2.13. The molecule has 1 rings (SSSR count). The molecular formula is C13H21N3. The molecule has 0 radical (unpaired) electrons. The van der Waals surface area contributed by atoms with Crippen molar-refractivity contribution in [2.24, 2.45) is 5.10 Å². The van der Waals surface area contributed by atoms with Crippen molar-refractivity contribution in [2.75, 3.05) is 32.1 Å². The molecule has 0 spiro atoms. The van der Waals surface area contributed by atoms with E-state index in [9.17, 15) is 0 Å². The maximum absolute atomic E-state index is 4.20. The Morgan fingerprint density at radius 1 is 1.06 bits per heavy atom. The molecule has 0 amide bonds. The van der Waals surface area contributed by atoms with Gasteiger partial charge in [-0.3, -0.25) is 0 Å². The van der Waals surface area contributed by atoms with E-state index in [4.69, 9.17) is 0 Å². The maximum Gasteiger partial charge on any atom is 0.0542 e. The first-order chi connectivity index (χ1) is 7.67. The SMILES string of the molecule is CCN(CC)c1ccc(C=NN(C)C)cc1. The molecule has 16 heavy (non-hydrogen) atoms. The van der Waals surface area contributed by atoms with Crippen LogP contribution in [0.4, 0.5) is 5.69 Å². The predicted molar refractivity (Wildman–Crippen MR) is 71.3 cm³/mol. The minimum atomic E-state index is 1.04. The third kappa shape index (κ3) is 3.57. The average Bonchev–Trinajstić information content (AvgIpc) is 2.29. The Hall–Kier alpha value is -1.51. The third-order valence-electron chi connectivity index (χ3n) is 2.46. The van der Waals surface area contributed by atoms with Gasteiger partial charge in [0.05, 0.1) is 6.21 Å². The predicted octanol–water partition coefficient (Wildman–Crippen LogP) is 2.43. The number of anilines is 1. The van der Waals surface area contributed by atoms with Gasteiger partial charge in [-0.2, -0.15) is 5.10 Å². The van der Waals surface area contributed by atoms with Gasteiger partial charge in [0.15, 0.2) is 0 Å². The number of hydrogen-bond donors (Lipinski definition) is 0. The quantitative estimate of drug-likeness (QED) is 0.559. The van der Waals surface area contributed by atoms with Crippen LogP contribution in [0.25, 0.3) is 0 Å². The highest BCUT2D eigenvalue weighted by Gasteiger charge is 2.00. The van der Waals surface area contributed by atoms with Gasteiger partial charge in [0.2, 0.25) is 0 Å². The first kappa shape index (κ1) is 12.6. The zero-order valence-corrected chi connectivity index (χ0v) is 10.6. The van der Waals surface area contributed by atoms with E-state index in [-0.39, 0.29) is 0 Å². The molecule has 0 N–H and O–H groups in total. The van der Waals surface area contributed by atoms with Crippen molar-refractivity contribution in [3.63, 3.8) is 0 Å². The Bertz CT molecular complexity index is 324. The van der Waals surface area contributed by atoms with Gasteiger partial charge in [0, 0.05) is 32.9 Å². The van der Waals surface area contributed by atoms with Crippen LogP contribution in [0.3, 0.4) is 0 Å². The van der Waals surface area contributed by atoms with Crippen molar-refractivity contribution in [3.05, 3.63) is 29.8 Å². The highest BCUT2D eigenvalue weighted by atomic mass is 15.4. The van der Waals surface area contributed by atoms with Gasteiger partial charge in [-0.25, -0.2) is 0 Å². The van der Waals surface area contributed by atoms with Crippen LogP contribution < -0.4 is 4.90 Å². The summed E-state index contributed by atoms with van der Waals surface area (Å²) in [6, 6.07) is 8.48. The van der Waals surface area contributed by atoms with E-state index >= 15 is 0 Å². The second-order valence-electron chi connectivity index (χ2n) is 3.86. The summed E-state index contributed by atoms with van der Waals surface area (Å²) in [6.45, 7) is 6.43. The molecular weight excluding hydrogens is 198 g/mol. The van der Waals surface area contributed by atoms with E-state index in [1.807, 2.05) is 20.3 Å². The lowest BCUT2D eigenvalue weighted by molar-refractivity contribution is 0.440. The largest absolute Gasteiger partial charge is 0.372 e. The number of benzene rings is 1. The normalized spacial score (nSPS) is 10.8. The summed E-state index contributed by atoms with van der Waals surface area (Å²) >= 11 is 0. The molecule has 88 valence electrons. The van der Waals surface area contributed by atoms with Crippen molar-refractivity contribution in [3.8, 4) is 0 Å². The Morgan fingerprint density at radius 2 is 1.62 bits per heavy atom. The van der Waals surface area contributed by atoms with Gasteiger partial charge in [-0.05, 0) is 31.5 Å². The molecule has 0 aliphatic rings. The lowest BCUT2D eigenvalue weighted by Gasteiger charge is -2.20. The Kier molecular flexibility index (Phi) is 4.83. The van der Waals surface area contributed by atoms with Crippen LogP contribution >= 0.6 is 0 Å². The first-order valence-corrected chi connectivity index (χ1v) is 5.73. The summed E-state index contributed by atoms with van der Waals surface area (Å²) < 4.78 is 0. The first-order valence-electron chi connectivity index (χ1n) is 5.73. The lowest BCUT2D eigenvalue weighted by atomic mass is 10.2. The summed E-state index contributed by atoms with van der Waals surface area (Å²) in [5, 5.41) is 5.99. The van der Waals surface area contributed by atoms with Gasteiger partial charge in [0.25, 0.3) is 0 Å². The monoisotopic (exact) mass is 219 g/mol.